The van der Waals surface area contributed by atoms with E-state index in [1.54, 1.807) is 11.3 Å². The lowest BCUT2D eigenvalue weighted by Crippen LogP contribution is -2.30. The first-order valence-corrected chi connectivity index (χ1v) is 6.76. The van der Waals surface area contributed by atoms with Crippen LogP contribution in [-0.4, -0.2) is 17.6 Å². The Kier molecular flexibility index (Phi) is 3.39. The lowest BCUT2D eigenvalue weighted by Gasteiger charge is -2.22. The van der Waals surface area contributed by atoms with E-state index in [1.807, 2.05) is 0 Å². The summed E-state index contributed by atoms with van der Waals surface area (Å²) < 4.78 is 5.71. The van der Waals surface area contributed by atoms with Gasteiger partial charge in [0.1, 0.15) is 0 Å². The molecule has 0 amide bonds. The number of hydrogen-bond acceptors (Lipinski definition) is 2. The number of alkyl halides is 1. The number of hydrogen-bond donors (Lipinski definition) is 0. The molecule has 1 aromatic rings. The van der Waals surface area contributed by atoms with Crippen LogP contribution in [0, 0.1) is 5.92 Å². The van der Waals surface area contributed by atoms with Gasteiger partial charge in [-0.15, -0.1) is 11.6 Å². The van der Waals surface area contributed by atoms with Crippen LogP contribution >= 0.6 is 22.9 Å². The van der Waals surface area contributed by atoms with Gasteiger partial charge in [-0.25, -0.2) is 0 Å². The van der Waals surface area contributed by atoms with Crippen LogP contribution in [-0.2, 0) is 11.2 Å². The molecule has 0 bridgehead atoms. The highest BCUT2D eigenvalue weighted by Gasteiger charge is 2.41. The third-order valence-corrected chi connectivity index (χ3v) is 4.75. The lowest BCUT2D eigenvalue weighted by molar-refractivity contribution is 0.0364. The molecular formula is C12H17ClOS. The molecule has 1 aliphatic rings. The fourth-order valence-electron chi connectivity index (χ4n) is 2.07. The van der Waals surface area contributed by atoms with Gasteiger partial charge in [0.05, 0.1) is 17.6 Å². The second-order valence-corrected chi connectivity index (χ2v) is 6.00. The molecule has 3 heteroatoms. The van der Waals surface area contributed by atoms with Crippen molar-refractivity contribution >= 4 is 22.9 Å². The zero-order valence-electron chi connectivity index (χ0n) is 9.20. The fourth-order valence-corrected chi connectivity index (χ4v) is 3.04. The van der Waals surface area contributed by atoms with Crippen LogP contribution in [0.25, 0.3) is 0 Å². The lowest BCUT2D eigenvalue weighted by atomic mass is 9.92. The Bertz CT molecular complexity index is 307. The minimum Gasteiger partial charge on any atom is -0.374 e. The summed E-state index contributed by atoms with van der Waals surface area (Å²) >= 11 is 8.15. The van der Waals surface area contributed by atoms with E-state index in [2.05, 4.69) is 30.7 Å². The normalized spacial score (nSPS) is 29.5. The molecule has 0 spiro atoms. The van der Waals surface area contributed by atoms with Crippen molar-refractivity contribution in [3.63, 3.8) is 0 Å². The summed E-state index contributed by atoms with van der Waals surface area (Å²) in [5, 5.41) is 4.49. The summed E-state index contributed by atoms with van der Waals surface area (Å²) in [6.07, 6.45) is 2.26. The van der Waals surface area contributed by atoms with E-state index in [4.69, 9.17) is 16.3 Å². The van der Waals surface area contributed by atoms with Crippen molar-refractivity contribution in [2.24, 2.45) is 5.92 Å². The highest BCUT2D eigenvalue weighted by atomic mass is 35.5. The summed E-state index contributed by atoms with van der Waals surface area (Å²) in [5.41, 5.74) is 1.27. The van der Waals surface area contributed by atoms with Crippen molar-refractivity contribution in [2.45, 2.75) is 37.7 Å². The van der Waals surface area contributed by atoms with E-state index in [1.165, 1.54) is 5.56 Å². The molecule has 1 nitrogen and oxygen atoms in total. The fraction of sp³-hybridized carbons (Fsp3) is 0.667. The topological polar surface area (TPSA) is 9.23 Å². The average Bonchev–Trinajstić information content (AvgIpc) is 2.76. The van der Waals surface area contributed by atoms with Gasteiger partial charge < -0.3 is 4.74 Å². The molecule has 1 aromatic heterocycles. The van der Waals surface area contributed by atoms with E-state index >= 15 is 0 Å². The average molecular weight is 245 g/mol. The maximum atomic E-state index is 6.39. The second-order valence-electron chi connectivity index (χ2n) is 4.75. The van der Waals surface area contributed by atoms with Gasteiger partial charge in [-0.1, -0.05) is 0 Å². The molecule has 15 heavy (non-hydrogen) atoms. The van der Waals surface area contributed by atoms with Crippen LogP contribution in [0.1, 0.15) is 25.8 Å². The molecule has 1 fully saturated rings. The van der Waals surface area contributed by atoms with Gasteiger partial charge >= 0.3 is 0 Å². The Morgan fingerprint density at radius 1 is 1.60 bits per heavy atom. The molecule has 2 unspecified atom stereocenters. The Morgan fingerprint density at radius 2 is 2.40 bits per heavy atom. The van der Waals surface area contributed by atoms with Crippen LogP contribution in [0.15, 0.2) is 16.8 Å². The predicted octanol–water partition coefficient (Wildman–Crippen LogP) is 3.71. The van der Waals surface area contributed by atoms with Crippen LogP contribution in [0.4, 0.5) is 0 Å². The smallest absolute Gasteiger partial charge is 0.0793 e. The highest BCUT2D eigenvalue weighted by Crippen LogP contribution is 2.36. The number of halogens is 1. The molecule has 0 saturated carbocycles. The SMILES string of the molecule is CC1(C)OCC(CCc2ccsc2)C1Cl. The highest BCUT2D eigenvalue weighted by molar-refractivity contribution is 7.07. The van der Waals surface area contributed by atoms with Crippen molar-refractivity contribution in [3.05, 3.63) is 22.4 Å². The molecule has 0 aromatic carbocycles. The van der Waals surface area contributed by atoms with Gasteiger partial charge in [0.2, 0.25) is 0 Å². The molecule has 0 N–H and O–H groups in total. The maximum Gasteiger partial charge on any atom is 0.0793 e. The maximum absolute atomic E-state index is 6.39. The summed E-state index contributed by atoms with van der Waals surface area (Å²) in [7, 11) is 0. The van der Waals surface area contributed by atoms with Crippen molar-refractivity contribution in [1.82, 2.24) is 0 Å². The number of ether oxygens (including phenoxy) is 1. The Morgan fingerprint density at radius 3 is 2.93 bits per heavy atom. The quantitative estimate of drug-likeness (QED) is 0.737. The van der Waals surface area contributed by atoms with Gasteiger partial charge in [-0.2, -0.15) is 11.3 Å². The zero-order valence-corrected chi connectivity index (χ0v) is 10.8. The molecular weight excluding hydrogens is 228 g/mol. The first-order valence-electron chi connectivity index (χ1n) is 5.39. The minimum absolute atomic E-state index is 0.149. The minimum atomic E-state index is -0.152. The van der Waals surface area contributed by atoms with Crippen LogP contribution < -0.4 is 0 Å². The van der Waals surface area contributed by atoms with E-state index in [0.717, 1.165) is 19.4 Å². The summed E-state index contributed by atoms with van der Waals surface area (Å²) in [4.78, 5) is 0. The predicted molar refractivity (Wildman–Crippen MR) is 65.8 cm³/mol. The van der Waals surface area contributed by atoms with Gasteiger partial charge in [0.25, 0.3) is 0 Å². The number of rotatable bonds is 3. The molecule has 1 aliphatic heterocycles. The van der Waals surface area contributed by atoms with E-state index in [-0.39, 0.29) is 11.0 Å². The van der Waals surface area contributed by atoms with Gasteiger partial charge in [-0.05, 0) is 49.1 Å². The van der Waals surface area contributed by atoms with E-state index in [0.29, 0.717) is 5.92 Å². The first-order chi connectivity index (χ1) is 7.09. The Labute approximate surface area is 100 Å². The summed E-state index contributed by atoms with van der Waals surface area (Å²) in [6, 6.07) is 2.19. The Hall–Kier alpha value is -0.0500. The van der Waals surface area contributed by atoms with Crippen molar-refractivity contribution in [1.29, 1.82) is 0 Å². The summed E-state index contributed by atoms with van der Waals surface area (Å²) in [5.74, 6) is 0.501. The van der Waals surface area contributed by atoms with Crippen LogP contribution in [0.3, 0.4) is 0 Å². The summed E-state index contributed by atoms with van der Waals surface area (Å²) in [6.45, 7) is 4.97. The molecule has 0 aliphatic carbocycles. The van der Waals surface area contributed by atoms with E-state index < -0.39 is 0 Å². The molecule has 84 valence electrons. The third kappa shape index (κ3) is 2.55. The monoisotopic (exact) mass is 244 g/mol. The molecule has 2 heterocycles. The van der Waals surface area contributed by atoms with Gasteiger partial charge in [0, 0.05) is 5.92 Å². The van der Waals surface area contributed by atoms with Crippen molar-refractivity contribution < 1.29 is 4.74 Å². The molecule has 1 saturated heterocycles. The Balaban J connectivity index is 1.86. The largest absolute Gasteiger partial charge is 0.374 e. The van der Waals surface area contributed by atoms with Crippen molar-refractivity contribution in [2.75, 3.05) is 6.61 Å². The van der Waals surface area contributed by atoms with Crippen LogP contribution in [0.2, 0.25) is 0 Å². The molecule has 2 rings (SSSR count). The third-order valence-electron chi connectivity index (χ3n) is 3.13. The number of aryl methyl sites for hydroxylation is 1. The molecule has 2 atom stereocenters. The van der Waals surface area contributed by atoms with Gasteiger partial charge in [-0.3, -0.25) is 0 Å². The van der Waals surface area contributed by atoms with Crippen molar-refractivity contribution in [3.8, 4) is 0 Å². The standard InChI is InChI=1S/C12H17ClOS/c1-12(2)11(13)10(7-14-12)4-3-9-5-6-15-8-9/h5-6,8,10-11H,3-4,7H2,1-2H3. The molecule has 0 radical (unpaired) electrons. The second kappa shape index (κ2) is 4.44. The first kappa shape index (κ1) is 11.4. The number of thiophene rings is 1. The van der Waals surface area contributed by atoms with Crippen LogP contribution in [0.5, 0.6) is 0 Å². The van der Waals surface area contributed by atoms with Gasteiger partial charge in [0.15, 0.2) is 0 Å². The van der Waals surface area contributed by atoms with E-state index in [9.17, 15) is 0 Å². The zero-order chi connectivity index (χ0) is 10.9.